The van der Waals surface area contributed by atoms with Crippen molar-refractivity contribution < 1.29 is 13.2 Å². The summed E-state index contributed by atoms with van der Waals surface area (Å²) in [4.78, 5) is 0. The third-order valence-electron chi connectivity index (χ3n) is 4.19. The smallest absolute Gasteiger partial charge is 0.307 e. The number of benzene rings is 1. The van der Waals surface area contributed by atoms with Crippen molar-refractivity contribution in [2.45, 2.75) is 57.8 Å². The summed E-state index contributed by atoms with van der Waals surface area (Å²) in [7, 11) is 0. The number of rotatable bonds is 3. The molecule has 0 saturated heterocycles. The van der Waals surface area contributed by atoms with Crippen LogP contribution in [0.25, 0.3) is 0 Å². The molecule has 1 N–H and O–H groups in total. The van der Waals surface area contributed by atoms with Gasteiger partial charge in [-0.3, -0.25) is 0 Å². The average Bonchev–Trinajstić information content (AvgIpc) is 2.38. The molecule has 3 atom stereocenters. The predicted octanol–water partition coefficient (Wildman–Crippen LogP) is 4.77. The van der Waals surface area contributed by atoms with Gasteiger partial charge in [-0.25, -0.2) is 0 Å². The molecule has 0 heterocycles. The minimum atomic E-state index is -4.09. The van der Waals surface area contributed by atoms with Gasteiger partial charge in [-0.05, 0) is 32.3 Å². The van der Waals surface area contributed by atoms with Crippen molar-refractivity contribution in [1.29, 1.82) is 0 Å². The molecule has 2 rings (SSSR count). The van der Waals surface area contributed by atoms with Crippen LogP contribution in [0.5, 0.6) is 0 Å². The molecule has 0 aromatic heterocycles. The fourth-order valence-corrected chi connectivity index (χ4v) is 3.08. The van der Waals surface area contributed by atoms with E-state index in [1.807, 2.05) is 38.1 Å². The van der Waals surface area contributed by atoms with E-state index in [0.717, 1.165) is 17.5 Å². The van der Waals surface area contributed by atoms with E-state index >= 15 is 0 Å². The Morgan fingerprint density at radius 2 is 1.90 bits per heavy atom. The van der Waals surface area contributed by atoms with Crippen molar-refractivity contribution >= 4 is 0 Å². The molecule has 0 spiro atoms. The highest BCUT2D eigenvalue weighted by Crippen LogP contribution is 2.38. The van der Waals surface area contributed by atoms with Crippen molar-refractivity contribution in [1.82, 2.24) is 5.32 Å². The first-order chi connectivity index (χ1) is 9.38. The SMILES string of the molecule is Cc1cccc([C@@H](C)NC2CCCCC2C(F)(F)F)c1. The van der Waals surface area contributed by atoms with Crippen LogP contribution in [0.15, 0.2) is 24.3 Å². The fourth-order valence-electron chi connectivity index (χ4n) is 3.08. The van der Waals surface area contributed by atoms with Gasteiger partial charge in [0.05, 0.1) is 5.92 Å². The Bertz CT molecular complexity index is 442. The molecule has 1 saturated carbocycles. The van der Waals surface area contributed by atoms with E-state index in [9.17, 15) is 13.2 Å². The quantitative estimate of drug-likeness (QED) is 0.843. The second-order valence-electron chi connectivity index (χ2n) is 5.84. The van der Waals surface area contributed by atoms with Gasteiger partial charge in [0.15, 0.2) is 0 Å². The lowest BCUT2D eigenvalue weighted by Gasteiger charge is -2.35. The monoisotopic (exact) mass is 285 g/mol. The van der Waals surface area contributed by atoms with Crippen molar-refractivity contribution in [3.05, 3.63) is 35.4 Å². The van der Waals surface area contributed by atoms with Crippen LogP contribution in [-0.2, 0) is 0 Å². The van der Waals surface area contributed by atoms with Gasteiger partial charge in [-0.15, -0.1) is 0 Å². The van der Waals surface area contributed by atoms with Gasteiger partial charge in [0.2, 0.25) is 0 Å². The van der Waals surface area contributed by atoms with Crippen LogP contribution in [0, 0.1) is 12.8 Å². The highest BCUT2D eigenvalue weighted by Gasteiger charge is 2.45. The third-order valence-corrected chi connectivity index (χ3v) is 4.19. The van der Waals surface area contributed by atoms with E-state index in [1.54, 1.807) is 0 Å². The molecule has 0 amide bonds. The van der Waals surface area contributed by atoms with E-state index in [4.69, 9.17) is 0 Å². The van der Waals surface area contributed by atoms with Crippen molar-refractivity contribution in [2.24, 2.45) is 5.92 Å². The van der Waals surface area contributed by atoms with Crippen LogP contribution in [0.3, 0.4) is 0 Å². The molecule has 2 unspecified atom stereocenters. The molecular weight excluding hydrogens is 263 g/mol. The van der Waals surface area contributed by atoms with Gasteiger partial charge in [0.1, 0.15) is 0 Å². The summed E-state index contributed by atoms with van der Waals surface area (Å²) in [6.45, 7) is 3.94. The summed E-state index contributed by atoms with van der Waals surface area (Å²) in [6, 6.07) is 7.43. The lowest BCUT2D eigenvalue weighted by atomic mass is 9.83. The van der Waals surface area contributed by atoms with Gasteiger partial charge in [0, 0.05) is 12.1 Å². The maximum Gasteiger partial charge on any atom is 0.393 e. The lowest BCUT2D eigenvalue weighted by Crippen LogP contribution is -2.46. The van der Waals surface area contributed by atoms with E-state index in [1.165, 1.54) is 0 Å². The normalized spacial score (nSPS) is 25.4. The Hall–Kier alpha value is -1.03. The number of nitrogens with one attached hydrogen (secondary N) is 1. The van der Waals surface area contributed by atoms with Crippen LogP contribution in [-0.4, -0.2) is 12.2 Å². The first kappa shape index (κ1) is 15.4. The molecule has 0 radical (unpaired) electrons. The topological polar surface area (TPSA) is 12.0 Å². The van der Waals surface area contributed by atoms with Crippen LogP contribution < -0.4 is 5.32 Å². The van der Waals surface area contributed by atoms with Gasteiger partial charge in [-0.2, -0.15) is 13.2 Å². The second kappa shape index (κ2) is 6.17. The van der Waals surface area contributed by atoms with Crippen LogP contribution in [0.4, 0.5) is 13.2 Å². The number of hydrogen-bond acceptors (Lipinski definition) is 1. The molecule has 1 aliphatic rings. The van der Waals surface area contributed by atoms with Crippen LogP contribution >= 0.6 is 0 Å². The van der Waals surface area contributed by atoms with E-state index in [2.05, 4.69) is 5.32 Å². The highest BCUT2D eigenvalue weighted by atomic mass is 19.4. The van der Waals surface area contributed by atoms with Crippen molar-refractivity contribution in [3.8, 4) is 0 Å². The summed E-state index contributed by atoms with van der Waals surface area (Å²) >= 11 is 0. The van der Waals surface area contributed by atoms with Crippen LogP contribution in [0.1, 0.15) is 49.8 Å². The van der Waals surface area contributed by atoms with Gasteiger partial charge in [-0.1, -0.05) is 42.7 Å². The molecule has 1 nitrogen and oxygen atoms in total. The zero-order chi connectivity index (χ0) is 14.8. The Morgan fingerprint density at radius 1 is 1.20 bits per heavy atom. The molecule has 112 valence electrons. The molecule has 20 heavy (non-hydrogen) atoms. The molecule has 1 aliphatic carbocycles. The first-order valence-electron chi connectivity index (χ1n) is 7.27. The molecular formula is C16H22F3N. The van der Waals surface area contributed by atoms with E-state index < -0.39 is 18.1 Å². The molecule has 1 fully saturated rings. The van der Waals surface area contributed by atoms with Crippen molar-refractivity contribution in [3.63, 3.8) is 0 Å². The minimum Gasteiger partial charge on any atom is -0.307 e. The summed E-state index contributed by atoms with van der Waals surface area (Å²) in [5.41, 5.74) is 2.18. The molecule has 0 aliphatic heterocycles. The summed E-state index contributed by atoms with van der Waals surface area (Å²) in [6.07, 6.45) is -1.67. The summed E-state index contributed by atoms with van der Waals surface area (Å²) in [5.74, 6) is -1.21. The molecule has 1 aromatic rings. The number of halogens is 3. The fraction of sp³-hybridized carbons (Fsp3) is 0.625. The molecule has 4 heteroatoms. The largest absolute Gasteiger partial charge is 0.393 e. The van der Waals surface area contributed by atoms with Gasteiger partial charge < -0.3 is 5.32 Å². The number of alkyl halides is 3. The zero-order valence-electron chi connectivity index (χ0n) is 12.0. The Labute approximate surface area is 118 Å². The lowest BCUT2D eigenvalue weighted by molar-refractivity contribution is -0.189. The predicted molar refractivity (Wildman–Crippen MR) is 74.5 cm³/mol. The third kappa shape index (κ3) is 3.75. The maximum atomic E-state index is 13.1. The Morgan fingerprint density at radius 3 is 2.55 bits per heavy atom. The minimum absolute atomic E-state index is 0.0529. The Balaban J connectivity index is 2.07. The second-order valence-corrected chi connectivity index (χ2v) is 5.84. The summed E-state index contributed by atoms with van der Waals surface area (Å²) < 4.78 is 39.2. The van der Waals surface area contributed by atoms with Crippen LogP contribution in [0.2, 0.25) is 0 Å². The number of hydrogen-bond donors (Lipinski definition) is 1. The van der Waals surface area contributed by atoms with Gasteiger partial charge >= 0.3 is 6.18 Å². The first-order valence-corrected chi connectivity index (χ1v) is 7.27. The Kier molecular flexibility index (Phi) is 4.74. The van der Waals surface area contributed by atoms with E-state index in [-0.39, 0.29) is 12.5 Å². The average molecular weight is 285 g/mol. The van der Waals surface area contributed by atoms with E-state index in [0.29, 0.717) is 12.8 Å². The van der Waals surface area contributed by atoms with Crippen molar-refractivity contribution in [2.75, 3.05) is 0 Å². The maximum absolute atomic E-state index is 13.1. The summed E-state index contributed by atoms with van der Waals surface area (Å²) in [5, 5.41) is 3.20. The standard InChI is InChI=1S/C16H22F3N/c1-11-6-5-7-13(10-11)12(2)20-15-9-4-3-8-14(15)16(17,18)19/h5-7,10,12,14-15,20H,3-4,8-9H2,1-2H3/t12-,14?,15?/m1/s1. The molecule has 0 bridgehead atoms. The highest BCUT2D eigenvalue weighted by molar-refractivity contribution is 5.24. The molecule has 1 aromatic carbocycles. The van der Waals surface area contributed by atoms with Gasteiger partial charge in [0.25, 0.3) is 0 Å². The zero-order valence-corrected chi connectivity index (χ0v) is 12.0. The number of aryl methyl sites for hydroxylation is 1.